The molecule has 2 aliphatic rings. The third-order valence-corrected chi connectivity index (χ3v) is 4.81. The van der Waals surface area contributed by atoms with E-state index in [1.807, 2.05) is 6.33 Å². The predicted octanol–water partition coefficient (Wildman–Crippen LogP) is 2.27. The third-order valence-electron chi connectivity index (χ3n) is 4.81. The minimum Gasteiger partial charge on any atom is -0.368 e. The van der Waals surface area contributed by atoms with Gasteiger partial charge in [-0.25, -0.2) is 4.98 Å². The molecule has 4 rings (SSSR count). The SMILES string of the molecule is CCNc1nc(NC2CCC(N)CC2)nc2c1ncn2C1CC1. The Bertz CT molecular complexity index is 683. The van der Waals surface area contributed by atoms with Crippen LogP contribution in [-0.2, 0) is 0 Å². The molecule has 23 heavy (non-hydrogen) atoms. The Kier molecular flexibility index (Phi) is 3.80. The van der Waals surface area contributed by atoms with Gasteiger partial charge in [0, 0.05) is 24.7 Å². The van der Waals surface area contributed by atoms with Crippen molar-refractivity contribution >= 4 is 22.9 Å². The van der Waals surface area contributed by atoms with Crippen molar-refractivity contribution < 1.29 is 0 Å². The molecule has 7 heteroatoms. The monoisotopic (exact) mass is 315 g/mol. The molecule has 0 spiro atoms. The van der Waals surface area contributed by atoms with Gasteiger partial charge in [0.15, 0.2) is 17.0 Å². The highest BCUT2D eigenvalue weighted by Crippen LogP contribution is 2.37. The molecule has 0 bridgehead atoms. The Balaban J connectivity index is 1.64. The standard InChI is InChI=1S/C16H25N7/c1-2-18-14-13-15(23(9-19-13)12-7-8-12)22-16(21-14)20-11-5-3-10(17)4-6-11/h9-12H,2-8,17H2,1H3,(H2,18,20,21,22). The Morgan fingerprint density at radius 1 is 1.17 bits per heavy atom. The lowest BCUT2D eigenvalue weighted by molar-refractivity contribution is 0.410. The van der Waals surface area contributed by atoms with Gasteiger partial charge in [0.25, 0.3) is 0 Å². The van der Waals surface area contributed by atoms with Crippen molar-refractivity contribution in [2.75, 3.05) is 17.2 Å². The number of imidazole rings is 1. The molecule has 2 saturated carbocycles. The highest BCUT2D eigenvalue weighted by molar-refractivity contribution is 5.84. The van der Waals surface area contributed by atoms with E-state index < -0.39 is 0 Å². The zero-order valence-electron chi connectivity index (χ0n) is 13.6. The number of anilines is 2. The van der Waals surface area contributed by atoms with Gasteiger partial charge < -0.3 is 20.9 Å². The first-order chi connectivity index (χ1) is 11.2. The lowest BCUT2D eigenvalue weighted by Gasteiger charge is -2.26. The molecular formula is C16H25N7. The molecule has 0 radical (unpaired) electrons. The van der Waals surface area contributed by atoms with Crippen LogP contribution in [0.4, 0.5) is 11.8 Å². The zero-order chi connectivity index (χ0) is 15.8. The Morgan fingerprint density at radius 3 is 2.65 bits per heavy atom. The van der Waals surface area contributed by atoms with Crippen LogP contribution < -0.4 is 16.4 Å². The highest BCUT2D eigenvalue weighted by atomic mass is 15.2. The molecule has 2 aromatic heterocycles. The summed E-state index contributed by atoms with van der Waals surface area (Å²) in [6.07, 6.45) is 8.65. The van der Waals surface area contributed by atoms with E-state index in [2.05, 4.69) is 32.1 Å². The van der Waals surface area contributed by atoms with Crippen LogP contribution >= 0.6 is 0 Å². The van der Waals surface area contributed by atoms with E-state index in [9.17, 15) is 0 Å². The number of hydrogen-bond donors (Lipinski definition) is 3. The maximum atomic E-state index is 5.99. The fraction of sp³-hybridized carbons (Fsp3) is 0.688. The maximum Gasteiger partial charge on any atom is 0.227 e. The third kappa shape index (κ3) is 2.97. The first-order valence-corrected chi connectivity index (χ1v) is 8.75. The Labute approximate surface area is 136 Å². The van der Waals surface area contributed by atoms with Crippen molar-refractivity contribution in [2.24, 2.45) is 5.73 Å². The zero-order valence-corrected chi connectivity index (χ0v) is 13.6. The number of nitrogens with two attached hydrogens (primary N) is 1. The minimum absolute atomic E-state index is 0.352. The van der Waals surface area contributed by atoms with E-state index in [1.165, 1.54) is 12.8 Å². The first-order valence-electron chi connectivity index (χ1n) is 8.75. The van der Waals surface area contributed by atoms with Gasteiger partial charge in [-0.1, -0.05) is 0 Å². The van der Waals surface area contributed by atoms with E-state index in [1.54, 1.807) is 0 Å². The molecular weight excluding hydrogens is 290 g/mol. The molecule has 2 aromatic rings. The topological polar surface area (TPSA) is 93.7 Å². The van der Waals surface area contributed by atoms with Crippen LogP contribution in [0.1, 0.15) is 51.5 Å². The minimum atomic E-state index is 0.352. The lowest BCUT2D eigenvalue weighted by Crippen LogP contribution is -2.33. The van der Waals surface area contributed by atoms with Gasteiger partial charge in [-0.3, -0.25) is 0 Å². The summed E-state index contributed by atoms with van der Waals surface area (Å²) < 4.78 is 2.19. The van der Waals surface area contributed by atoms with E-state index in [0.717, 1.165) is 49.2 Å². The second kappa shape index (κ2) is 5.96. The summed E-state index contributed by atoms with van der Waals surface area (Å²) in [5.41, 5.74) is 7.80. The van der Waals surface area contributed by atoms with E-state index in [0.29, 0.717) is 24.1 Å². The van der Waals surface area contributed by atoms with Gasteiger partial charge in [-0.05, 0) is 45.4 Å². The molecule has 2 heterocycles. The number of nitrogens with one attached hydrogen (secondary N) is 2. The van der Waals surface area contributed by atoms with Crippen LogP contribution in [0.2, 0.25) is 0 Å². The predicted molar refractivity (Wildman–Crippen MR) is 91.6 cm³/mol. The summed E-state index contributed by atoms with van der Waals surface area (Å²) in [7, 11) is 0. The Hall–Kier alpha value is -1.89. The molecule has 0 unspecified atom stereocenters. The molecule has 2 fully saturated rings. The first kappa shape index (κ1) is 14.7. The van der Waals surface area contributed by atoms with Crippen LogP contribution in [0, 0.1) is 0 Å². The fourth-order valence-electron chi connectivity index (χ4n) is 3.34. The molecule has 7 nitrogen and oxygen atoms in total. The fourth-order valence-corrected chi connectivity index (χ4v) is 3.34. The van der Waals surface area contributed by atoms with Crippen LogP contribution in [-0.4, -0.2) is 38.1 Å². The van der Waals surface area contributed by atoms with Gasteiger partial charge >= 0.3 is 0 Å². The van der Waals surface area contributed by atoms with Crippen LogP contribution in [0.25, 0.3) is 11.2 Å². The van der Waals surface area contributed by atoms with Crippen molar-refractivity contribution in [1.82, 2.24) is 19.5 Å². The average Bonchev–Trinajstić information content (AvgIpc) is 3.30. The quantitative estimate of drug-likeness (QED) is 0.783. The average molecular weight is 315 g/mol. The molecule has 0 aliphatic heterocycles. The van der Waals surface area contributed by atoms with Gasteiger partial charge in [-0.15, -0.1) is 0 Å². The molecule has 0 saturated heterocycles. The van der Waals surface area contributed by atoms with Crippen molar-refractivity contribution in [3.63, 3.8) is 0 Å². The summed E-state index contributed by atoms with van der Waals surface area (Å²) in [5.74, 6) is 1.53. The molecule has 124 valence electrons. The van der Waals surface area contributed by atoms with Crippen molar-refractivity contribution in [3.05, 3.63) is 6.33 Å². The van der Waals surface area contributed by atoms with E-state index in [4.69, 9.17) is 10.7 Å². The van der Waals surface area contributed by atoms with Crippen molar-refractivity contribution in [3.8, 4) is 0 Å². The lowest BCUT2D eigenvalue weighted by atomic mass is 9.92. The molecule has 4 N–H and O–H groups in total. The Morgan fingerprint density at radius 2 is 1.96 bits per heavy atom. The number of hydrogen-bond acceptors (Lipinski definition) is 6. The largest absolute Gasteiger partial charge is 0.368 e. The molecule has 0 amide bonds. The van der Waals surface area contributed by atoms with Crippen molar-refractivity contribution in [1.29, 1.82) is 0 Å². The van der Waals surface area contributed by atoms with E-state index >= 15 is 0 Å². The summed E-state index contributed by atoms with van der Waals surface area (Å²) >= 11 is 0. The van der Waals surface area contributed by atoms with Crippen LogP contribution in [0.3, 0.4) is 0 Å². The van der Waals surface area contributed by atoms with Gasteiger partial charge in [0.05, 0.1) is 6.33 Å². The normalized spacial score (nSPS) is 24.8. The number of fused-ring (bicyclic) bond motifs is 1. The maximum absolute atomic E-state index is 5.99. The van der Waals surface area contributed by atoms with Gasteiger partial charge in [0.2, 0.25) is 5.95 Å². The second-order valence-electron chi connectivity index (χ2n) is 6.74. The highest BCUT2D eigenvalue weighted by Gasteiger charge is 2.27. The number of rotatable bonds is 5. The smallest absolute Gasteiger partial charge is 0.227 e. The van der Waals surface area contributed by atoms with E-state index in [-0.39, 0.29) is 0 Å². The van der Waals surface area contributed by atoms with Gasteiger partial charge in [0.1, 0.15) is 0 Å². The van der Waals surface area contributed by atoms with Crippen molar-refractivity contribution in [2.45, 2.75) is 63.6 Å². The van der Waals surface area contributed by atoms with Crippen LogP contribution in [0.15, 0.2) is 6.33 Å². The second-order valence-corrected chi connectivity index (χ2v) is 6.74. The molecule has 2 aliphatic carbocycles. The summed E-state index contributed by atoms with van der Waals surface area (Å²) in [5, 5.41) is 6.83. The molecule has 0 atom stereocenters. The summed E-state index contributed by atoms with van der Waals surface area (Å²) in [6, 6.07) is 1.33. The summed E-state index contributed by atoms with van der Waals surface area (Å²) in [6.45, 7) is 2.89. The number of aromatic nitrogens is 4. The van der Waals surface area contributed by atoms with Crippen LogP contribution in [0.5, 0.6) is 0 Å². The van der Waals surface area contributed by atoms with Gasteiger partial charge in [-0.2, -0.15) is 9.97 Å². The molecule has 0 aromatic carbocycles. The number of nitrogens with zero attached hydrogens (tertiary/aromatic N) is 4. The summed E-state index contributed by atoms with van der Waals surface area (Å²) in [4.78, 5) is 13.9.